The number of fused-ring (bicyclic) bond motifs is 1. The van der Waals surface area contributed by atoms with Crippen LogP contribution in [0.5, 0.6) is 0 Å². The lowest BCUT2D eigenvalue weighted by Gasteiger charge is -2.29. The van der Waals surface area contributed by atoms with Gasteiger partial charge >= 0.3 is 16.4 Å². The number of nitrogens with one attached hydrogen (secondary N) is 1. The van der Waals surface area contributed by atoms with E-state index in [0.29, 0.717) is 27.8 Å². The molecule has 1 aromatic heterocycles. The Labute approximate surface area is 188 Å². The molecule has 2 heterocycles. The van der Waals surface area contributed by atoms with Gasteiger partial charge in [-0.25, -0.2) is 9.71 Å². The molecule has 1 aliphatic heterocycles. The zero-order chi connectivity index (χ0) is 22.4. The van der Waals surface area contributed by atoms with E-state index in [9.17, 15) is 26.0 Å². The summed E-state index contributed by atoms with van der Waals surface area (Å²) in [5.41, 5.74) is 2.19. The highest BCUT2D eigenvalue weighted by molar-refractivity contribution is 9.10. The Morgan fingerprint density at radius 2 is 1.94 bits per heavy atom. The summed E-state index contributed by atoms with van der Waals surface area (Å²) < 4.78 is 81.1. The van der Waals surface area contributed by atoms with Crippen LogP contribution >= 0.6 is 27.3 Å². The monoisotopic (exact) mass is 535 g/mol. The number of halogens is 5. The Morgan fingerprint density at radius 3 is 2.58 bits per heavy atom. The first-order valence-electron chi connectivity index (χ1n) is 8.92. The zero-order valence-corrected chi connectivity index (χ0v) is 18.8. The minimum absolute atomic E-state index is 0.0641. The van der Waals surface area contributed by atoms with E-state index in [1.807, 2.05) is 0 Å². The van der Waals surface area contributed by atoms with E-state index in [2.05, 4.69) is 25.6 Å². The summed E-state index contributed by atoms with van der Waals surface area (Å²) in [4.78, 5) is 3.67. The van der Waals surface area contributed by atoms with Gasteiger partial charge in [-0.1, -0.05) is 51.5 Å². The van der Waals surface area contributed by atoms with Crippen molar-refractivity contribution in [3.63, 3.8) is 0 Å². The minimum atomic E-state index is -4.45. The number of rotatable bonds is 4. The first kappa shape index (κ1) is 22.2. The molecule has 0 saturated carbocycles. The molecule has 3 aromatic rings. The van der Waals surface area contributed by atoms with Gasteiger partial charge in [-0.05, 0) is 40.8 Å². The summed E-state index contributed by atoms with van der Waals surface area (Å²) in [6, 6.07) is 8.78. The van der Waals surface area contributed by atoms with E-state index in [-0.39, 0.29) is 18.2 Å². The third kappa shape index (κ3) is 4.61. The van der Waals surface area contributed by atoms with Crippen molar-refractivity contribution in [2.75, 3.05) is 11.3 Å². The highest BCUT2D eigenvalue weighted by Gasteiger charge is 2.32. The molecule has 0 radical (unpaired) electrons. The first-order valence-corrected chi connectivity index (χ1v) is 12.0. The van der Waals surface area contributed by atoms with E-state index >= 15 is 0 Å². The Morgan fingerprint density at radius 1 is 1.16 bits per heavy atom. The molecule has 4 rings (SSSR count). The first-order chi connectivity index (χ1) is 14.5. The van der Waals surface area contributed by atoms with Gasteiger partial charge in [0.1, 0.15) is 0 Å². The fraction of sp³-hybridized carbons (Fsp3) is 0.211. The minimum Gasteiger partial charge on any atom is -0.246 e. The predicted octanol–water partition coefficient (Wildman–Crippen LogP) is 5.45. The summed E-state index contributed by atoms with van der Waals surface area (Å²) in [6.07, 6.45) is -3.15. The average molecular weight is 536 g/mol. The fourth-order valence-electron chi connectivity index (χ4n) is 3.43. The van der Waals surface area contributed by atoms with Crippen LogP contribution in [0.2, 0.25) is 0 Å². The molecule has 0 bridgehead atoms. The second-order valence-electron chi connectivity index (χ2n) is 6.80. The van der Waals surface area contributed by atoms with Crippen molar-refractivity contribution < 1.29 is 26.0 Å². The topological polar surface area (TPSA) is 62.3 Å². The molecule has 31 heavy (non-hydrogen) atoms. The molecular weight excluding hydrogens is 522 g/mol. The van der Waals surface area contributed by atoms with Crippen LogP contribution in [0.25, 0.3) is 11.1 Å². The van der Waals surface area contributed by atoms with Crippen molar-refractivity contribution in [2.24, 2.45) is 0 Å². The summed E-state index contributed by atoms with van der Waals surface area (Å²) in [6.45, 7) is 0.232. The molecule has 0 aliphatic carbocycles. The standard InChI is InChI=1S/C19H14BrF4N3O2S2/c20-16-8-12(19(22,23)24)4-5-15(16)14-3-1-2-11-10-27(7-6-13(11)14)31(28,29)26-18-25-9-17(21)30-18/h1-5,8-9H,6-7,10H2,(H,25,26). The zero-order valence-electron chi connectivity index (χ0n) is 15.6. The van der Waals surface area contributed by atoms with Crippen LogP contribution in [-0.2, 0) is 29.4 Å². The quantitative estimate of drug-likeness (QED) is 0.452. The van der Waals surface area contributed by atoms with Gasteiger partial charge in [0.2, 0.25) is 0 Å². The van der Waals surface area contributed by atoms with E-state index in [4.69, 9.17) is 0 Å². The van der Waals surface area contributed by atoms with Crippen molar-refractivity contribution in [1.29, 1.82) is 0 Å². The highest BCUT2D eigenvalue weighted by atomic mass is 79.9. The molecule has 12 heteroatoms. The van der Waals surface area contributed by atoms with Crippen LogP contribution < -0.4 is 4.72 Å². The van der Waals surface area contributed by atoms with Crippen molar-refractivity contribution in [2.45, 2.75) is 19.1 Å². The van der Waals surface area contributed by atoms with Crippen LogP contribution in [0, 0.1) is 5.13 Å². The third-order valence-corrected chi connectivity index (χ3v) is 7.78. The van der Waals surface area contributed by atoms with Gasteiger partial charge < -0.3 is 0 Å². The molecule has 1 aliphatic rings. The second-order valence-corrected chi connectivity index (χ2v) is 10.3. The number of aromatic nitrogens is 1. The maximum atomic E-state index is 13.1. The van der Waals surface area contributed by atoms with E-state index in [0.717, 1.165) is 35.0 Å². The number of benzene rings is 2. The number of nitrogens with zero attached hydrogens (tertiary/aromatic N) is 2. The number of anilines is 1. The van der Waals surface area contributed by atoms with Gasteiger partial charge in [0, 0.05) is 17.6 Å². The predicted molar refractivity (Wildman–Crippen MR) is 113 cm³/mol. The maximum absolute atomic E-state index is 13.1. The maximum Gasteiger partial charge on any atom is 0.416 e. The summed E-state index contributed by atoms with van der Waals surface area (Å²) >= 11 is 3.82. The smallest absolute Gasteiger partial charge is 0.246 e. The van der Waals surface area contributed by atoms with E-state index in [1.54, 1.807) is 18.2 Å². The molecule has 0 amide bonds. The lowest BCUT2D eigenvalue weighted by molar-refractivity contribution is -0.137. The van der Waals surface area contributed by atoms with Gasteiger partial charge in [0.25, 0.3) is 0 Å². The van der Waals surface area contributed by atoms with Crippen LogP contribution in [0.15, 0.2) is 47.1 Å². The number of alkyl halides is 3. The molecule has 0 unspecified atom stereocenters. The SMILES string of the molecule is O=S(=O)(Nc1ncc(F)s1)N1CCc2c(cccc2-c2ccc(C(F)(F)F)cc2Br)C1. The van der Waals surface area contributed by atoms with Crippen LogP contribution in [0.1, 0.15) is 16.7 Å². The van der Waals surface area contributed by atoms with Gasteiger partial charge in [-0.2, -0.15) is 30.3 Å². The number of hydrogen-bond donors (Lipinski definition) is 1. The largest absolute Gasteiger partial charge is 0.416 e. The molecule has 2 aromatic carbocycles. The Bertz CT molecular complexity index is 1250. The molecule has 164 valence electrons. The van der Waals surface area contributed by atoms with Crippen LogP contribution in [-0.4, -0.2) is 24.3 Å². The molecule has 0 spiro atoms. The lowest BCUT2D eigenvalue weighted by atomic mass is 9.91. The number of hydrogen-bond acceptors (Lipinski definition) is 4. The molecule has 5 nitrogen and oxygen atoms in total. The third-order valence-electron chi connectivity index (χ3n) is 4.85. The van der Waals surface area contributed by atoms with Gasteiger partial charge in [0.05, 0.1) is 11.8 Å². The molecule has 0 saturated heterocycles. The van der Waals surface area contributed by atoms with Crippen molar-refractivity contribution in [3.05, 3.63) is 68.9 Å². The fourth-order valence-corrected chi connectivity index (χ4v) is 5.94. The van der Waals surface area contributed by atoms with Gasteiger partial charge in [-0.15, -0.1) is 0 Å². The van der Waals surface area contributed by atoms with Gasteiger partial charge in [-0.3, -0.25) is 0 Å². The molecule has 0 atom stereocenters. The lowest BCUT2D eigenvalue weighted by Crippen LogP contribution is -2.39. The van der Waals surface area contributed by atoms with Crippen LogP contribution in [0.4, 0.5) is 22.7 Å². The van der Waals surface area contributed by atoms with Gasteiger partial charge in [0.15, 0.2) is 10.3 Å². The Hall–Kier alpha value is -2.02. The van der Waals surface area contributed by atoms with E-state index < -0.39 is 27.1 Å². The van der Waals surface area contributed by atoms with Crippen molar-refractivity contribution >= 4 is 42.6 Å². The normalized spacial score (nSPS) is 15.0. The summed E-state index contributed by atoms with van der Waals surface area (Å²) in [5.74, 6) is 0. The molecular formula is C19H14BrF4N3O2S2. The molecule has 1 N–H and O–H groups in total. The average Bonchev–Trinajstić information content (AvgIpc) is 3.10. The van der Waals surface area contributed by atoms with Crippen molar-refractivity contribution in [1.82, 2.24) is 9.29 Å². The Kier molecular flexibility index (Phi) is 5.83. The summed E-state index contributed by atoms with van der Waals surface area (Å²) in [7, 11) is -3.94. The Balaban J connectivity index is 1.62. The highest BCUT2D eigenvalue weighted by Crippen LogP contribution is 2.38. The van der Waals surface area contributed by atoms with Crippen LogP contribution in [0.3, 0.4) is 0 Å². The summed E-state index contributed by atoms with van der Waals surface area (Å²) in [5, 5.41) is -0.667. The second kappa shape index (κ2) is 8.15. The molecule has 0 fully saturated rings. The van der Waals surface area contributed by atoms with E-state index in [1.165, 1.54) is 10.4 Å². The van der Waals surface area contributed by atoms with Crippen molar-refractivity contribution in [3.8, 4) is 11.1 Å². The number of thiazole rings is 1.